The van der Waals surface area contributed by atoms with Crippen molar-refractivity contribution in [2.75, 3.05) is 31.1 Å². The van der Waals surface area contributed by atoms with Gasteiger partial charge in [0, 0.05) is 24.9 Å². The van der Waals surface area contributed by atoms with Crippen molar-refractivity contribution in [2.45, 2.75) is 32.7 Å². The highest BCUT2D eigenvalue weighted by Crippen LogP contribution is 2.18. The molecule has 0 spiro atoms. The van der Waals surface area contributed by atoms with Gasteiger partial charge in [-0.25, -0.2) is 0 Å². The maximum Gasteiger partial charge on any atom is 0.279 e. The first kappa shape index (κ1) is 16.2. The highest BCUT2D eigenvalue weighted by Gasteiger charge is 2.29. The fourth-order valence-corrected chi connectivity index (χ4v) is 4.39. The van der Waals surface area contributed by atoms with Gasteiger partial charge in [-0.3, -0.25) is 0 Å². The smallest absolute Gasteiger partial charge is 0.279 e. The van der Waals surface area contributed by atoms with Gasteiger partial charge in [0.25, 0.3) is 10.2 Å². The number of nitrogens with one attached hydrogen (secondary N) is 1. The summed E-state index contributed by atoms with van der Waals surface area (Å²) >= 11 is 1.74. The van der Waals surface area contributed by atoms with E-state index in [1.54, 1.807) is 16.1 Å². The van der Waals surface area contributed by atoms with Crippen molar-refractivity contribution < 1.29 is 8.42 Å². The van der Waals surface area contributed by atoms with Crippen LogP contribution in [-0.4, -0.2) is 49.9 Å². The van der Waals surface area contributed by atoms with E-state index in [1.807, 2.05) is 6.92 Å². The van der Waals surface area contributed by atoms with Crippen LogP contribution in [0.1, 0.15) is 26.7 Å². The summed E-state index contributed by atoms with van der Waals surface area (Å²) in [6, 6.07) is -0.0294. The topological polar surface area (TPSA) is 75.4 Å². The lowest BCUT2D eigenvalue weighted by molar-refractivity contribution is 0.268. The summed E-state index contributed by atoms with van der Waals surface area (Å²) in [5.41, 5.74) is 5.63. The van der Waals surface area contributed by atoms with Crippen LogP contribution in [0.5, 0.6) is 0 Å². The Labute approximate surface area is 115 Å². The molecule has 2 atom stereocenters. The predicted octanol–water partition coefficient (Wildman–Crippen LogP) is 0.633. The number of hydrogen-bond donors (Lipinski definition) is 2. The minimum Gasteiger partial charge on any atom is -0.330 e. The third-order valence-corrected chi connectivity index (χ3v) is 5.93. The predicted molar refractivity (Wildman–Crippen MR) is 77.9 cm³/mol. The second kappa shape index (κ2) is 7.69. The average Bonchev–Trinajstić information content (AvgIpc) is 2.36. The summed E-state index contributed by atoms with van der Waals surface area (Å²) < 4.78 is 28.7. The first-order chi connectivity index (χ1) is 8.49. The third kappa shape index (κ3) is 5.05. The molecular formula is C11H25N3O2S2. The minimum atomic E-state index is -3.34. The van der Waals surface area contributed by atoms with E-state index in [0.29, 0.717) is 25.6 Å². The Hall–Kier alpha value is 0.180. The van der Waals surface area contributed by atoms with Crippen molar-refractivity contribution >= 4 is 22.0 Å². The molecule has 0 aromatic heterocycles. The molecule has 1 rings (SSSR count). The van der Waals surface area contributed by atoms with E-state index in [2.05, 4.69) is 11.6 Å². The van der Waals surface area contributed by atoms with E-state index < -0.39 is 10.2 Å². The molecule has 3 N–H and O–H groups in total. The van der Waals surface area contributed by atoms with Crippen molar-refractivity contribution in [3.63, 3.8) is 0 Å². The fourth-order valence-electron chi connectivity index (χ4n) is 2.09. The summed E-state index contributed by atoms with van der Waals surface area (Å²) in [7, 11) is -3.34. The summed E-state index contributed by atoms with van der Waals surface area (Å²) in [5, 5.41) is 0. The molecule has 108 valence electrons. The van der Waals surface area contributed by atoms with Crippen LogP contribution in [0, 0.1) is 5.92 Å². The molecule has 1 fully saturated rings. The van der Waals surface area contributed by atoms with E-state index in [-0.39, 0.29) is 6.04 Å². The van der Waals surface area contributed by atoms with Crippen LogP contribution in [0.25, 0.3) is 0 Å². The van der Waals surface area contributed by atoms with Crippen LogP contribution in [0.15, 0.2) is 0 Å². The molecule has 5 nitrogen and oxygen atoms in total. The number of thioether (sulfide) groups is 1. The molecule has 1 aliphatic heterocycles. The third-order valence-electron chi connectivity index (χ3n) is 3.08. The molecule has 2 unspecified atom stereocenters. The lowest BCUT2D eigenvalue weighted by Gasteiger charge is -2.32. The maximum absolute atomic E-state index is 12.2. The average molecular weight is 295 g/mol. The van der Waals surface area contributed by atoms with Gasteiger partial charge in [0.1, 0.15) is 0 Å². The van der Waals surface area contributed by atoms with Crippen LogP contribution in [0.4, 0.5) is 0 Å². The number of hydrogen-bond acceptors (Lipinski definition) is 4. The zero-order chi connectivity index (χ0) is 13.6. The van der Waals surface area contributed by atoms with Crippen molar-refractivity contribution in [3.05, 3.63) is 0 Å². The highest BCUT2D eigenvalue weighted by molar-refractivity contribution is 7.99. The highest BCUT2D eigenvalue weighted by atomic mass is 32.2. The van der Waals surface area contributed by atoms with E-state index in [9.17, 15) is 8.42 Å². The Balaban J connectivity index is 2.51. The number of nitrogens with two attached hydrogens (primary N) is 1. The summed E-state index contributed by atoms with van der Waals surface area (Å²) in [4.78, 5) is 0. The second-order valence-electron chi connectivity index (χ2n) is 4.79. The largest absolute Gasteiger partial charge is 0.330 e. The fraction of sp³-hybridized carbons (Fsp3) is 1.00. The van der Waals surface area contributed by atoms with Crippen molar-refractivity contribution in [1.82, 2.24) is 9.03 Å². The SMILES string of the molecule is CCSCC(C)NS(=O)(=O)N1CCCC(CN)C1. The van der Waals surface area contributed by atoms with Gasteiger partial charge in [-0.1, -0.05) is 6.92 Å². The minimum absolute atomic E-state index is 0.0294. The van der Waals surface area contributed by atoms with Crippen LogP contribution < -0.4 is 10.5 Å². The molecule has 18 heavy (non-hydrogen) atoms. The molecule has 0 aromatic rings. The van der Waals surface area contributed by atoms with Gasteiger partial charge in [-0.2, -0.15) is 29.2 Å². The maximum atomic E-state index is 12.2. The number of rotatable bonds is 7. The van der Waals surface area contributed by atoms with Crippen LogP contribution >= 0.6 is 11.8 Å². The molecule has 1 aliphatic rings. The zero-order valence-electron chi connectivity index (χ0n) is 11.3. The first-order valence-corrected chi connectivity index (χ1v) is 9.14. The zero-order valence-corrected chi connectivity index (χ0v) is 12.9. The molecule has 0 aliphatic carbocycles. The van der Waals surface area contributed by atoms with Gasteiger partial charge in [0.2, 0.25) is 0 Å². The molecule has 7 heteroatoms. The molecule has 0 saturated carbocycles. The van der Waals surface area contributed by atoms with Gasteiger partial charge >= 0.3 is 0 Å². The number of nitrogens with zero attached hydrogens (tertiary/aromatic N) is 1. The van der Waals surface area contributed by atoms with Crippen molar-refractivity contribution in [2.24, 2.45) is 11.7 Å². The second-order valence-corrected chi connectivity index (χ2v) is 7.81. The molecule has 1 saturated heterocycles. The molecule has 1 heterocycles. The lowest BCUT2D eigenvalue weighted by Crippen LogP contribution is -2.49. The Morgan fingerprint density at radius 1 is 1.56 bits per heavy atom. The van der Waals surface area contributed by atoms with Gasteiger partial charge in [0.15, 0.2) is 0 Å². The van der Waals surface area contributed by atoms with Gasteiger partial charge in [-0.05, 0) is 38.0 Å². The molecule has 0 radical (unpaired) electrons. The van der Waals surface area contributed by atoms with Gasteiger partial charge in [-0.15, -0.1) is 0 Å². The monoisotopic (exact) mass is 295 g/mol. The van der Waals surface area contributed by atoms with Gasteiger partial charge in [0.05, 0.1) is 0 Å². The first-order valence-electron chi connectivity index (χ1n) is 6.54. The molecule has 0 bridgehead atoms. The van der Waals surface area contributed by atoms with E-state index in [4.69, 9.17) is 5.73 Å². The molecular weight excluding hydrogens is 270 g/mol. The van der Waals surface area contributed by atoms with Crippen molar-refractivity contribution in [1.29, 1.82) is 0 Å². The van der Waals surface area contributed by atoms with Crippen LogP contribution in [0.3, 0.4) is 0 Å². The lowest BCUT2D eigenvalue weighted by atomic mass is 10.0. The Bertz CT molecular complexity index is 335. The molecule has 0 aromatic carbocycles. The van der Waals surface area contributed by atoms with Crippen LogP contribution in [0.2, 0.25) is 0 Å². The Morgan fingerprint density at radius 3 is 2.89 bits per heavy atom. The van der Waals surface area contributed by atoms with E-state index in [0.717, 1.165) is 24.3 Å². The normalized spacial score (nSPS) is 24.1. The number of piperidine rings is 1. The summed E-state index contributed by atoms with van der Waals surface area (Å²) in [6.45, 7) is 5.71. The Kier molecular flexibility index (Phi) is 6.94. The summed E-state index contributed by atoms with van der Waals surface area (Å²) in [5.74, 6) is 2.12. The van der Waals surface area contributed by atoms with Crippen molar-refractivity contribution in [3.8, 4) is 0 Å². The Morgan fingerprint density at radius 2 is 2.28 bits per heavy atom. The van der Waals surface area contributed by atoms with Crippen LogP contribution in [-0.2, 0) is 10.2 Å². The standard InChI is InChI=1S/C11H25N3O2S2/c1-3-17-9-10(2)13-18(15,16)14-6-4-5-11(7-12)8-14/h10-11,13H,3-9,12H2,1-2H3. The van der Waals surface area contributed by atoms with E-state index >= 15 is 0 Å². The van der Waals surface area contributed by atoms with Gasteiger partial charge < -0.3 is 5.73 Å². The van der Waals surface area contributed by atoms with E-state index in [1.165, 1.54) is 0 Å². The molecule has 0 amide bonds. The quantitative estimate of drug-likeness (QED) is 0.722. The summed E-state index contributed by atoms with van der Waals surface area (Å²) in [6.07, 6.45) is 1.94.